The molecule has 0 atom stereocenters. The van der Waals surface area contributed by atoms with Crippen LogP contribution >= 0.6 is 0 Å². The topological polar surface area (TPSA) is 74.4 Å². The zero-order valence-corrected chi connectivity index (χ0v) is 11.8. The van der Waals surface area contributed by atoms with Gasteiger partial charge >= 0.3 is 0 Å². The number of hydrogen-bond donors (Lipinski definition) is 2. The fraction of sp³-hybridized carbons (Fsp3) is 0.571. The third-order valence-electron chi connectivity index (χ3n) is 3.37. The number of aromatic amines is 1. The van der Waals surface area contributed by atoms with Gasteiger partial charge in [0.2, 0.25) is 0 Å². The first-order valence-corrected chi connectivity index (χ1v) is 6.94. The summed E-state index contributed by atoms with van der Waals surface area (Å²) in [5, 5.41) is 2.85. The van der Waals surface area contributed by atoms with Crippen LogP contribution in [-0.2, 0) is 4.74 Å². The molecular weight excluding hydrogens is 258 g/mol. The summed E-state index contributed by atoms with van der Waals surface area (Å²) in [4.78, 5) is 28.1. The zero-order valence-electron chi connectivity index (χ0n) is 11.8. The van der Waals surface area contributed by atoms with Crippen LogP contribution in [0.4, 0.5) is 0 Å². The van der Waals surface area contributed by atoms with E-state index in [2.05, 4.69) is 15.2 Å². The number of ether oxygens (including phenoxy) is 1. The van der Waals surface area contributed by atoms with Gasteiger partial charge in [0.1, 0.15) is 5.69 Å². The SMILES string of the molecule is CC(=O)c1c[nH]c(C(=O)NCCCN2CCOCC2)c1. The minimum Gasteiger partial charge on any atom is -0.379 e. The number of ketones is 1. The Kier molecular flexibility index (Phi) is 5.31. The molecule has 20 heavy (non-hydrogen) atoms. The Labute approximate surface area is 118 Å². The van der Waals surface area contributed by atoms with Gasteiger partial charge in [-0.3, -0.25) is 14.5 Å². The van der Waals surface area contributed by atoms with Crippen LogP contribution in [0.3, 0.4) is 0 Å². The van der Waals surface area contributed by atoms with E-state index in [1.54, 1.807) is 12.3 Å². The lowest BCUT2D eigenvalue weighted by Gasteiger charge is -2.26. The van der Waals surface area contributed by atoms with Crippen LogP contribution in [-0.4, -0.2) is 61.0 Å². The summed E-state index contributed by atoms with van der Waals surface area (Å²) >= 11 is 0. The number of morpholine rings is 1. The van der Waals surface area contributed by atoms with Crippen LogP contribution < -0.4 is 5.32 Å². The van der Waals surface area contributed by atoms with Crippen molar-refractivity contribution in [2.24, 2.45) is 0 Å². The van der Waals surface area contributed by atoms with Gasteiger partial charge in [-0.05, 0) is 26.0 Å². The number of rotatable bonds is 6. The molecule has 1 saturated heterocycles. The number of carbonyl (C=O) groups is 2. The van der Waals surface area contributed by atoms with Gasteiger partial charge in [-0.1, -0.05) is 0 Å². The van der Waals surface area contributed by atoms with Crippen LogP contribution in [0.5, 0.6) is 0 Å². The molecule has 2 rings (SSSR count). The van der Waals surface area contributed by atoms with Crippen LogP contribution in [0, 0.1) is 0 Å². The van der Waals surface area contributed by atoms with Gasteiger partial charge in [0.05, 0.1) is 13.2 Å². The molecule has 6 heteroatoms. The van der Waals surface area contributed by atoms with Crippen molar-refractivity contribution in [2.75, 3.05) is 39.4 Å². The molecule has 0 aromatic carbocycles. The van der Waals surface area contributed by atoms with Crippen LogP contribution in [0.2, 0.25) is 0 Å². The van der Waals surface area contributed by atoms with E-state index in [0.717, 1.165) is 39.3 Å². The molecule has 0 spiro atoms. The van der Waals surface area contributed by atoms with Crippen molar-refractivity contribution in [3.63, 3.8) is 0 Å². The highest BCUT2D eigenvalue weighted by Gasteiger charge is 2.11. The fourth-order valence-electron chi connectivity index (χ4n) is 2.15. The molecule has 0 bridgehead atoms. The van der Waals surface area contributed by atoms with E-state index in [-0.39, 0.29) is 11.7 Å². The van der Waals surface area contributed by atoms with Crippen LogP contribution in [0.15, 0.2) is 12.3 Å². The lowest BCUT2D eigenvalue weighted by molar-refractivity contribution is 0.0374. The van der Waals surface area contributed by atoms with Gasteiger partial charge in [-0.25, -0.2) is 0 Å². The van der Waals surface area contributed by atoms with Gasteiger partial charge in [0.15, 0.2) is 5.78 Å². The van der Waals surface area contributed by atoms with Crippen molar-refractivity contribution in [1.29, 1.82) is 0 Å². The highest BCUT2D eigenvalue weighted by Crippen LogP contribution is 2.04. The van der Waals surface area contributed by atoms with E-state index >= 15 is 0 Å². The van der Waals surface area contributed by atoms with Crippen LogP contribution in [0.25, 0.3) is 0 Å². The van der Waals surface area contributed by atoms with Crippen molar-refractivity contribution >= 4 is 11.7 Å². The first kappa shape index (κ1) is 14.7. The number of hydrogen-bond acceptors (Lipinski definition) is 4. The summed E-state index contributed by atoms with van der Waals surface area (Å²) in [6.07, 6.45) is 2.47. The summed E-state index contributed by atoms with van der Waals surface area (Å²) in [7, 11) is 0. The molecule has 0 saturated carbocycles. The molecule has 1 aromatic rings. The van der Waals surface area contributed by atoms with E-state index in [1.165, 1.54) is 6.92 Å². The number of carbonyl (C=O) groups excluding carboxylic acids is 2. The molecule has 2 N–H and O–H groups in total. The summed E-state index contributed by atoms with van der Waals surface area (Å²) in [6.45, 7) is 6.59. The number of H-pyrrole nitrogens is 1. The Morgan fingerprint density at radius 2 is 2.15 bits per heavy atom. The van der Waals surface area contributed by atoms with E-state index in [4.69, 9.17) is 4.74 Å². The molecule has 1 aliphatic heterocycles. The molecule has 0 radical (unpaired) electrons. The van der Waals surface area contributed by atoms with Crippen molar-refractivity contribution in [3.05, 3.63) is 23.5 Å². The Bertz CT molecular complexity index is 464. The maximum Gasteiger partial charge on any atom is 0.267 e. The summed E-state index contributed by atoms with van der Waals surface area (Å²) in [5.41, 5.74) is 0.963. The van der Waals surface area contributed by atoms with E-state index in [9.17, 15) is 9.59 Å². The maximum atomic E-state index is 11.8. The molecule has 110 valence electrons. The molecule has 1 amide bonds. The average molecular weight is 279 g/mol. The van der Waals surface area contributed by atoms with E-state index in [1.807, 2.05) is 0 Å². The second-order valence-electron chi connectivity index (χ2n) is 4.92. The number of Topliss-reactive ketones (excluding diaryl/α,β-unsaturated/α-hetero) is 1. The number of aromatic nitrogens is 1. The molecule has 1 aromatic heterocycles. The van der Waals surface area contributed by atoms with Gasteiger partial charge in [-0.15, -0.1) is 0 Å². The number of nitrogens with one attached hydrogen (secondary N) is 2. The Balaban J connectivity index is 1.67. The predicted octanol–water partition coefficient (Wildman–Crippen LogP) is 0.669. The Morgan fingerprint density at radius 1 is 1.40 bits per heavy atom. The maximum absolute atomic E-state index is 11.8. The molecule has 0 aliphatic carbocycles. The highest BCUT2D eigenvalue weighted by molar-refractivity contribution is 5.99. The summed E-state index contributed by atoms with van der Waals surface area (Å²) < 4.78 is 5.28. The first-order valence-electron chi connectivity index (χ1n) is 6.94. The third-order valence-corrected chi connectivity index (χ3v) is 3.37. The first-order chi connectivity index (χ1) is 9.66. The summed E-state index contributed by atoms with van der Waals surface area (Å²) in [6, 6.07) is 1.58. The quantitative estimate of drug-likeness (QED) is 0.593. The van der Waals surface area contributed by atoms with Gasteiger partial charge in [0, 0.05) is 31.4 Å². The second-order valence-corrected chi connectivity index (χ2v) is 4.92. The fourth-order valence-corrected chi connectivity index (χ4v) is 2.15. The standard InChI is InChI=1S/C14H21N3O3/c1-11(18)12-9-13(16-10-12)14(19)15-3-2-4-17-5-7-20-8-6-17/h9-10,16H,2-8H2,1H3,(H,15,19). The number of nitrogens with zero attached hydrogens (tertiary/aromatic N) is 1. The Hall–Kier alpha value is -1.66. The molecule has 2 heterocycles. The molecule has 1 fully saturated rings. The van der Waals surface area contributed by atoms with Gasteiger partial charge in [-0.2, -0.15) is 0 Å². The second kappa shape index (κ2) is 7.21. The monoisotopic (exact) mass is 279 g/mol. The molecule has 1 aliphatic rings. The van der Waals surface area contributed by atoms with Crippen molar-refractivity contribution in [1.82, 2.24) is 15.2 Å². The third kappa shape index (κ3) is 4.18. The minimum atomic E-state index is -0.167. The molecular formula is C14H21N3O3. The van der Waals surface area contributed by atoms with Crippen molar-refractivity contribution < 1.29 is 14.3 Å². The lowest BCUT2D eigenvalue weighted by Crippen LogP contribution is -2.38. The minimum absolute atomic E-state index is 0.0485. The summed E-state index contributed by atoms with van der Waals surface area (Å²) in [5.74, 6) is -0.216. The number of amides is 1. The van der Waals surface area contributed by atoms with Gasteiger partial charge in [0.25, 0.3) is 5.91 Å². The predicted molar refractivity (Wildman–Crippen MR) is 75.0 cm³/mol. The Morgan fingerprint density at radius 3 is 2.80 bits per heavy atom. The molecule has 6 nitrogen and oxygen atoms in total. The van der Waals surface area contributed by atoms with E-state index < -0.39 is 0 Å². The molecule has 0 unspecified atom stereocenters. The normalized spacial score (nSPS) is 16.1. The van der Waals surface area contributed by atoms with Crippen LogP contribution in [0.1, 0.15) is 34.2 Å². The smallest absolute Gasteiger partial charge is 0.267 e. The average Bonchev–Trinajstić information content (AvgIpc) is 2.94. The van der Waals surface area contributed by atoms with Gasteiger partial charge < -0.3 is 15.0 Å². The van der Waals surface area contributed by atoms with E-state index in [0.29, 0.717) is 17.8 Å². The highest BCUT2D eigenvalue weighted by atomic mass is 16.5. The lowest BCUT2D eigenvalue weighted by atomic mass is 10.2. The van der Waals surface area contributed by atoms with Crippen molar-refractivity contribution in [3.8, 4) is 0 Å². The van der Waals surface area contributed by atoms with Crippen molar-refractivity contribution in [2.45, 2.75) is 13.3 Å². The zero-order chi connectivity index (χ0) is 14.4. The largest absolute Gasteiger partial charge is 0.379 e.